The van der Waals surface area contributed by atoms with Gasteiger partial charge < -0.3 is 4.74 Å². The lowest BCUT2D eigenvalue weighted by Crippen LogP contribution is -1.81. The number of ether oxygens (including phenoxy) is 1. The molecule has 0 saturated heterocycles. The average molecular weight is 316 g/mol. The molecule has 96 valence electrons. The summed E-state index contributed by atoms with van der Waals surface area (Å²) < 4.78 is 5.58. The maximum atomic E-state index is 5.58. The van der Waals surface area contributed by atoms with Crippen molar-refractivity contribution in [2.75, 3.05) is 0 Å². The van der Waals surface area contributed by atoms with Crippen molar-refractivity contribution in [3.05, 3.63) is 60.7 Å². The highest BCUT2D eigenvalue weighted by Gasteiger charge is 1.92. The Kier molecular flexibility index (Phi) is 15.1. The molecule has 0 radical (unpaired) electrons. The summed E-state index contributed by atoms with van der Waals surface area (Å²) in [5, 5.41) is 0. The van der Waals surface area contributed by atoms with Gasteiger partial charge in [0.05, 0.1) is 0 Å². The van der Waals surface area contributed by atoms with Crippen LogP contribution >= 0.6 is 49.6 Å². The van der Waals surface area contributed by atoms with Gasteiger partial charge in [0.1, 0.15) is 11.5 Å². The Morgan fingerprint density at radius 3 is 1.06 bits per heavy atom. The van der Waals surface area contributed by atoms with Crippen molar-refractivity contribution >= 4 is 49.6 Å². The molecule has 0 atom stereocenters. The van der Waals surface area contributed by atoms with Gasteiger partial charge in [-0.25, -0.2) is 0 Å². The molecule has 0 spiro atoms. The first-order valence-electron chi connectivity index (χ1n) is 4.23. The van der Waals surface area contributed by atoms with Crippen LogP contribution in [0.3, 0.4) is 0 Å². The third-order valence-electron chi connectivity index (χ3n) is 1.72. The summed E-state index contributed by atoms with van der Waals surface area (Å²) in [5.41, 5.74) is 0. The lowest BCUT2D eigenvalue weighted by Gasteiger charge is -2.03. The molecule has 0 bridgehead atoms. The number of para-hydroxylation sites is 2. The van der Waals surface area contributed by atoms with E-state index in [-0.39, 0.29) is 49.6 Å². The zero-order chi connectivity index (χ0) is 8.93. The van der Waals surface area contributed by atoms with E-state index in [1.165, 1.54) is 0 Å². The largest absolute Gasteiger partial charge is 0.457 e. The fourth-order valence-electron chi connectivity index (χ4n) is 1.11. The van der Waals surface area contributed by atoms with Gasteiger partial charge in [-0.2, -0.15) is 0 Å². The van der Waals surface area contributed by atoms with Gasteiger partial charge in [-0.15, -0.1) is 49.6 Å². The molecule has 0 aliphatic carbocycles. The average Bonchev–Trinajstić information content (AvgIpc) is 2.21. The number of hydrogen-bond donors (Lipinski definition) is 0. The second-order valence-corrected chi connectivity index (χ2v) is 2.73. The standard InChI is InChI=1S/C12H10O.4ClH/c1-3-7-11(8-4-1)13-12-9-5-2-6-10-12;;;;/h1-10H;4*1H. The van der Waals surface area contributed by atoms with Crippen LogP contribution in [0.15, 0.2) is 60.7 Å². The smallest absolute Gasteiger partial charge is 0.127 e. The molecule has 5 heteroatoms. The number of halogens is 4. The van der Waals surface area contributed by atoms with Gasteiger partial charge in [0.15, 0.2) is 0 Å². The number of hydrogen-bond acceptors (Lipinski definition) is 1. The van der Waals surface area contributed by atoms with Gasteiger partial charge in [0, 0.05) is 0 Å². The van der Waals surface area contributed by atoms with E-state index in [9.17, 15) is 0 Å². The Labute approximate surface area is 126 Å². The summed E-state index contributed by atoms with van der Waals surface area (Å²) >= 11 is 0. The summed E-state index contributed by atoms with van der Waals surface area (Å²) in [6.45, 7) is 0. The molecule has 17 heavy (non-hydrogen) atoms. The predicted octanol–water partition coefficient (Wildman–Crippen LogP) is 5.17. The minimum atomic E-state index is 0. The van der Waals surface area contributed by atoms with E-state index < -0.39 is 0 Å². The molecule has 0 fully saturated rings. The second kappa shape index (κ2) is 11.9. The first kappa shape index (κ1) is 21.7. The van der Waals surface area contributed by atoms with Crippen molar-refractivity contribution in [1.29, 1.82) is 0 Å². The molecule has 0 N–H and O–H groups in total. The Balaban J connectivity index is -0.000000490. The lowest BCUT2D eigenvalue weighted by molar-refractivity contribution is 0.482. The molecule has 1 nitrogen and oxygen atoms in total. The van der Waals surface area contributed by atoms with Crippen molar-refractivity contribution < 1.29 is 4.74 Å². The van der Waals surface area contributed by atoms with E-state index in [0.717, 1.165) is 11.5 Å². The van der Waals surface area contributed by atoms with E-state index in [1.54, 1.807) is 0 Å². The molecule has 2 aromatic rings. The molecule has 2 rings (SSSR count). The normalized spacial score (nSPS) is 7.29. The number of rotatable bonds is 2. The van der Waals surface area contributed by atoms with Crippen LogP contribution in [0.4, 0.5) is 0 Å². The van der Waals surface area contributed by atoms with Gasteiger partial charge in [-0.3, -0.25) is 0 Å². The highest BCUT2D eigenvalue weighted by molar-refractivity contribution is 5.86. The van der Waals surface area contributed by atoms with E-state index in [4.69, 9.17) is 4.74 Å². The van der Waals surface area contributed by atoms with Crippen LogP contribution in [0.5, 0.6) is 11.5 Å². The summed E-state index contributed by atoms with van der Waals surface area (Å²) in [4.78, 5) is 0. The number of benzene rings is 2. The molecule has 0 saturated carbocycles. The van der Waals surface area contributed by atoms with Crippen LogP contribution in [0.1, 0.15) is 0 Å². The summed E-state index contributed by atoms with van der Waals surface area (Å²) in [6.07, 6.45) is 0. The maximum Gasteiger partial charge on any atom is 0.127 e. The third-order valence-corrected chi connectivity index (χ3v) is 1.72. The van der Waals surface area contributed by atoms with Gasteiger partial charge >= 0.3 is 0 Å². The zero-order valence-electron chi connectivity index (χ0n) is 8.81. The monoisotopic (exact) mass is 314 g/mol. The quantitative estimate of drug-likeness (QED) is 0.743. The van der Waals surface area contributed by atoms with Crippen LogP contribution in [-0.4, -0.2) is 0 Å². The van der Waals surface area contributed by atoms with E-state index >= 15 is 0 Å². The van der Waals surface area contributed by atoms with Crippen molar-refractivity contribution in [2.24, 2.45) is 0 Å². The Hall–Kier alpha value is -0.600. The Bertz CT molecular complexity index is 329. The molecule has 0 aliphatic heterocycles. The van der Waals surface area contributed by atoms with Gasteiger partial charge in [0.2, 0.25) is 0 Å². The van der Waals surface area contributed by atoms with Crippen LogP contribution in [-0.2, 0) is 0 Å². The van der Waals surface area contributed by atoms with Crippen molar-refractivity contribution in [3.8, 4) is 11.5 Å². The van der Waals surface area contributed by atoms with Crippen molar-refractivity contribution in [3.63, 3.8) is 0 Å². The molecule has 0 amide bonds. The predicted molar refractivity (Wildman–Crippen MR) is 82.0 cm³/mol. The van der Waals surface area contributed by atoms with Crippen molar-refractivity contribution in [2.45, 2.75) is 0 Å². The fraction of sp³-hybridized carbons (Fsp3) is 0. The summed E-state index contributed by atoms with van der Waals surface area (Å²) in [6, 6.07) is 19.5. The van der Waals surface area contributed by atoms with E-state index in [0.29, 0.717) is 0 Å². The zero-order valence-corrected chi connectivity index (χ0v) is 12.1. The molecular formula is C12H14Cl4O. The molecule has 2 aromatic carbocycles. The molecule has 0 heterocycles. The van der Waals surface area contributed by atoms with Gasteiger partial charge in [-0.05, 0) is 24.3 Å². The lowest BCUT2D eigenvalue weighted by atomic mass is 10.3. The molecular weight excluding hydrogens is 302 g/mol. The first-order chi connectivity index (χ1) is 6.45. The second-order valence-electron chi connectivity index (χ2n) is 2.73. The minimum absolute atomic E-state index is 0. The van der Waals surface area contributed by atoms with Gasteiger partial charge in [0.25, 0.3) is 0 Å². The van der Waals surface area contributed by atoms with Crippen LogP contribution < -0.4 is 4.74 Å². The fourth-order valence-corrected chi connectivity index (χ4v) is 1.11. The van der Waals surface area contributed by atoms with Crippen LogP contribution in [0.2, 0.25) is 0 Å². The Morgan fingerprint density at radius 1 is 0.471 bits per heavy atom. The maximum absolute atomic E-state index is 5.58. The molecule has 0 unspecified atom stereocenters. The van der Waals surface area contributed by atoms with Gasteiger partial charge in [-0.1, -0.05) is 36.4 Å². The SMILES string of the molecule is Cl.Cl.Cl.Cl.c1ccc(Oc2ccccc2)cc1. The van der Waals surface area contributed by atoms with E-state index in [2.05, 4.69) is 0 Å². The van der Waals surface area contributed by atoms with Crippen molar-refractivity contribution in [1.82, 2.24) is 0 Å². The van der Waals surface area contributed by atoms with Crippen LogP contribution in [0, 0.1) is 0 Å². The summed E-state index contributed by atoms with van der Waals surface area (Å²) in [5.74, 6) is 1.74. The highest BCUT2D eigenvalue weighted by atomic mass is 35.5. The molecule has 0 aromatic heterocycles. The summed E-state index contributed by atoms with van der Waals surface area (Å²) in [7, 11) is 0. The molecule has 0 aliphatic rings. The topological polar surface area (TPSA) is 9.23 Å². The minimum Gasteiger partial charge on any atom is -0.457 e. The van der Waals surface area contributed by atoms with E-state index in [1.807, 2.05) is 60.7 Å². The van der Waals surface area contributed by atoms with Crippen LogP contribution in [0.25, 0.3) is 0 Å². The Morgan fingerprint density at radius 2 is 0.765 bits per heavy atom. The highest BCUT2D eigenvalue weighted by Crippen LogP contribution is 2.19. The first-order valence-corrected chi connectivity index (χ1v) is 4.23. The third kappa shape index (κ3) is 7.35.